The highest BCUT2D eigenvalue weighted by atomic mass is 79.9. The third-order valence-corrected chi connectivity index (χ3v) is 7.63. The van der Waals surface area contributed by atoms with E-state index in [0.29, 0.717) is 18.4 Å². The van der Waals surface area contributed by atoms with Crippen molar-refractivity contribution < 1.29 is 14.6 Å². The molecule has 4 rings (SSSR count). The number of halogens is 2. The monoisotopic (exact) mass is 552 g/mol. The van der Waals surface area contributed by atoms with Gasteiger partial charge >= 0.3 is 0 Å². The minimum absolute atomic E-state index is 0.113. The maximum absolute atomic E-state index is 10.6. The molecule has 0 saturated carbocycles. The summed E-state index contributed by atoms with van der Waals surface area (Å²) in [6.07, 6.45) is 4.13. The second-order valence-corrected chi connectivity index (χ2v) is 11.9. The van der Waals surface area contributed by atoms with Gasteiger partial charge < -0.3 is 14.6 Å². The number of ether oxygens (including phenoxy) is 2. The fraction of sp³-hybridized carbons (Fsp3) is 0.538. The molecule has 2 aromatic carbocycles. The van der Waals surface area contributed by atoms with Crippen LogP contribution >= 0.6 is 31.9 Å². The summed E-state index contributed by atoms with van der Waals surface area (Å²) < 4.78 is 13.5. The van der Waals surface area contributed by atoms with E-state index in [9.17, 15) is 5.11 Å². The molecule has 1 N–H and O–H groups in total. The van der Waals surface area contributed by atoms with Gasteiger partial charge in [0.15, 0.2) is 5.79 Å². The summed E-state index contributed by atoms with van der Waals surface area (Å²) >= 11 is 7.05. The molecule has 0 amide bonds. The van der Waals surface area contributed by atoms with Crippen molar-refractivity contribution in [2.75, 3.05) is 13.2 Å². The summed E-state index contributed by atoms with van der Waals surface area (Å²) in [4.78, 5) is 0. The molecule has 3 nitrogen and oxygen atoms in total. The Hall–Kier alpha value is -0.720. The van der Waals surface area contributed by atoms with Crippen molar-refractivity contribution in [2.45, 2.75) is 65.3 Å². The number of hydrogen-bond acceptors (Lipinski definition) is 3. The predicted molar refractivity (Wildman–Crippen MR) is 133 cm³/mol. The number of hydrogen-bond donors (Lipinski definition) is 1. The largest absolute Gasteiger partial charge is 0.373 e. The van der Waals surface area contributed by atoms with Crippen molar-refractivity contribution in [2.24, 2.45) is 10.8 Å². The summed E-state index contributed by atoms with van der Waals surface area (Å²) in [5, 5.41) is 10.6. The minimum Gasteiger partial charge on any atom is -0.373 e. The van der Waals surface area contributed by atoms with Crippen LogP contribution in [0.5, 0.6) is 0 Å². The lowest BCUT2D eigenvalue weighted by Crippen LogP contribution is -2.41. The Morgan fingerprint density at radius 2 is 1.45 bits per heavy atom. The molecule has 2 aromatic rings. The summed E-state index contributed by atoms with van der Waals surface area (Å²) in [6.45, 7) is 10.4. The standard InChI is InChI=1S/C13H17BrO2.C13H17BrO/c1-12(2)7-8-16-13(15,9-12)10-5-3-4-6-11(10)14;1-13(2)7-8-15-12(9-13)10-5-3-4-6-11(10)14/h3-6,15H,7-9H2,1-2H3;3-6,12H,7-9H2,1-2H3. The quantitative estimate of drug-likeness (QED) is 0.413. The Labute approximate surface area is 203 Å². The van der Waals surface area contributed by atoms with Gasteiger partial charge in [0.05, 0.1) is 12.7 Å². The van der Waals surface area contributed by atoms with Crippen molar-refractivity contribution in [1.29, 1.82) is 0 Å². The van der Waals surface area contributed by atoms with E-state index >= 15 is 0 Å². The van der Waals surface area contributed by atoms with Crippen LogP contribution in [0.15, 0.2) is 57.5 Å². The third kappa shape index (κ3) is 6.64. The van der Waals surface area contributed by atoms with Crippen molar-refractivity contribution in [3.63, 3.8) is 0 Å². The van der Waals surface area contributed by atoms with Crippen LogP contribution in [0, 0.1) is 10.8 Å². The van der Waals surface area contributed by atoms with E-state index in [0.717, 1.165) is 40.4 Å². The van der Waals surface area contributed by atoms with Crippen molar-refractivity contribution in [3.05, 3.63) is 68.6 Å². The molecule has 31 heavy (non-hydrogen) atoms. The normalized spacial score (nSPS) is 27.1. The van der Waals surface area contributed by atoms with Crippen LogP contribution in [0.1, 0.15) is 70.6 Å². The Morgan fingerprint density at radius 3 is 2.06 bits per heavy atom. The van der Waals surface area contributed by atoms with Gasteiger partial charge in [-0.25, -0.2) is 0 Å². The molecule has 2 aliphatic rings. The molecule has 0 radical (unpaired) electrons. The van der Waals surface area contributed by atoms with E-state index < -0.39 is 5.79 Å². The molecule has 0 aromatic heterocycles. The van der Waals surface area contributed by atoms with Crippen LogP contribution in [0.2, 0.25) is 0 Å². The van der Waals surface area contributed by atoms with Gasteiger partial charge in [-0.1, -0.05) is 96.0 Å². The van der Waals surface area contributed by atoms with E-state index in [-0.39, 0.29) is 11.5 Å². The maximum atomic E-state index is 10.6. The van der Waals surface area contributed by atoms with E-state index in [4.69, 9.17) is 9.47 Å². The maximum Gasteiger partial charge on any atom is 0.193 e. The molecule has 2 aliphatic heterocycles. The highest BCUT2D eigenvalue weighted by molar-refractivity contribution is 9.10. The molecule has 0 aliphatic carbocycles. The van der Waals surface area contributed by atoms with Gasteiger partial charge in [-0.2, -0.15) is 0 Å². The highest BCUT2D eigenvalue weighted by Gasteiger charge is 2.41. The Bertz CT molecular complexity index is 880. The molecular formula is C26H34Br2O3. The summed E-state index contributed by atoms with van der Waals surface area (Å²) in [7, 11) is 0. The molecule has 2 fully saturated rings. The molecule has 170 valence electrons. The first-order valence-corrected chi connectivity index (χ1v) is 12.6. The van der Waals surface area contributed by atoms with Crippen LogP contribution in [0.3, 0.4) is 0 Å². The smallest absolute Gasteiger partial charge is 0.193 e. The lowest BCUT2D eigenvalue weighted by Gasteiger charge is -2.41. The van der Waals surface area contributed by atoms with Gasteiger partial charge in [-0.3, -0.25) is 0 Å². The zero-order valence-electron chi connectivity index (χ0n) is 19.0. The zero-order valence-corrected chi connectivity index (χ0v) is 22.1. The van der Waals surface area contributed by atoms with Crippen molar-refractivity contribution >= 4 is 31.9 Å². The van der Waals surface area contributed by atoms with Gasteiger partial charge in [0.2, 0.25) is 0 Å². The van der Waals surface area contributed by atoms with E-state index in [2.05, 4.69) is 77.8 Å². The lowest BCUT2D eigenvalue weighted by atomic mass is 9.78. The molecule has 2 unspecified atom stereocenters. The van der Waals surface area contributed by atoms with Crippen LogP contribution in [0.25, 0.3) is 0 Å². The topological polar surface area (TPSA) is 38.7 Å². The van der Waals surface area contributed by atoms with Gasteiger partial charge in [-0.05, 0) is 47.8 Å². The second kappa shape index (κ2) is 10.0. The first-order chi connectivity index (χ1) is 14.5. The Kier molecular flexibility index (Phi) is 8.07. The summed E-state index contributed by atoms with van der Waals surface area (Å²) in [5.74, 6) is -1.15. The Balaban J connectivity index is 0.000000176. The van der Waals surface area contributed by atoms with Crippen LogP contribution < -0.4 is 0 Å². The SMILES string of the molecule is CC1(C)CCOC(O)(c2ccccc2Br)C1.CC1(C)CCOC(c2ccccc2Br)C1. The van der Waals surface area contributed by atoms with Crippen LogP contribution in [-0.2, 0) is 15.3 Å². The van der Waals surface area contributed by atoms with Gasteiger partial charge in [0.25, 0.3) is 0 Å². The molecular weight excluding hydrogens is 520 g/mol. The number of benzene rings is 2. The third-order valence-electron chi connectivity index (χ3n) is 6.22. The molecule has 5 heteroatoms. The van der Waals surface area contributed by atoms with E-state index in [1.807, 2.05) is 30.3 Å². The Morgan fingerprint density at radius 1 is 0.839 bits per heavy atom. The van der Waals surface area contributed by atoms with Crippen LogP contribution in [0.4, 0.5) is 0 Å². The zero-order chi connectivity index (χ0) is 22.7. The molecule has 0 spiro atoms. The average Bonchev–Trinajstić information content (AvgIpc) is 2.67. The summed E-state index contributed by atoms with van der Waals surface area (Å²) in [6, 6.07) is 16.0. The first kappa shape index (κ1) is 24.9. The second-order valence-electron chi connectivity index (χ2n) is 10.2. The highest BCUT2D eigenvalue weighted by Crippen LogP contribution is 2.44. The van der Waals surface area contributed by atoms with Crippen molar-refractivity contribution in [1.82, 2.24) is 0 Å². The van der Waals surface area contributed by atoms with E-state index in [1.165, 1.54) is 5.56 Å². The fourth-order valence-electron chi connectivity index (χ4n) is 4.31. The molecule has 2 heterocycles. The summed E-state index contributed by atoms with van der Waals surface area (Å²) in [5.41, 5.74) is 2.62. The number of rotatable bonds is 2. The molecule has 0 bridgehead atoms. The first-order valence-electron chi connectivity index (χ1n) is 11.0. The van der Waals surface area contributed by atoms with Gasteiger partial charge in [0, 0.05) is 27.5 Å². The molecule has 2 atom stereocenters. The van der Waals surface area contributed by atoms with Crippen molar-refractivity contribution in [3.8, 4) is 0 Å². The predicted octanol–water partition coefficient (Wildman–Crippen LogP) is 7.76. The molecule has 2 saturated heterocycles. The minimum atomic E-state index is -1.15. The van der Waals surface area contributed by atoms with Crippen LogP contribution in [-0.4, -0.2) is 18.3 Å². The number of aliphatic hydroxyl groups is 1. The average molecular weight is 554 g/mol. The fourth-order valence-corrected chi connectivity index (χ4v) is 5.45. The van der Waals surface area contributed by atoms with Gasteiger partial charge in [-0.15, -0.1) is 0 Å². The van der Waals surface area contributed by atoms with E-state index in [1.54, 1.807) is 0 Å². The lowest BCUT2D eigenvalue weighted by molar-refractivity contribution is -0.257. The van der Waals surface area contributed by atoms with Gasteiger partial charge in [0.1, 0.15) is 0 Å².